The molecular weight excluding hydrogens is 434 g/mol. The number of hydrogen-bond acceptors (Lipinski definition) is 9. The van der Waals surface area contributed by atoms with Crippen molar-refractivity contribution in [2.45, 2.75) is 24.7 Å². The van der Waals surface area contributed by atoms with Gasteiger partial charge in [0, 0.05) is 40.3 Å². The van der Waals surface area contributed by atoms with Gasteiger partial charge in [-0.3, -0.25) is 4.79 Å². The normalized spacial score (nSPS) is 16.0. The monoisotopic (exact) mass is 453 g/mol. The van der Waals surface area contributed by atoms with Crippen molar-refractivity contribution in [3.05, 3.63) is 40.9 Å². The summed E-state index contributed by atoms with van der Waals surface area (Å²) in [4.78, 5) is 26.4. The summed E-state index contributed by atoms with van der Waals surface area (Å²) in [7, 11) is 0. The van der Waals surface area contributed by atoms with E-state index in [1.54, 1.807) is 12.3 Å². The van der Waals surface area contributed by atoms with E-state index in [1.807, 2.05) is 31.4 Å². The van der Waals surface area contributed by atoms with Crippen LogP contribution < -0.4 is 15.4 Å². The number of carbonyl (C=O) groups is 1. The lowest BCUT2D eigenvalue weighted by Crippen LogP contribution is -2.34. The summed E-state index contributed by atoms with van der Waals surface area (Å²) in [5.41, 5.74) is 2.09. The molecule has 1 aliphatic heterocycles. The minimum absolute atomic E-state index is 0.0509. The number of rotatable bonds is 4. The van der Waals surface area contributed by atoms with Gasteiger partial charge in [-0.2, -0.15) is 4.98 Å². The molecule has 4 heterocycles. The maximum absolute atomic E-state index is 12.6. The molecule has 158 valence electrons. The number of hydrogen-bond donors (Lipinski definition) is 3. The maximum Gasteiger partial charge on any atom is 0.263 e. The van der Waals surface area contributed by atoms with Crippen LogP contribution in [-0.2, 0) is 6.61 Å². The van der Waals surface area contributed by atoms with Gasteiger partial charge in [-0.1, -0.05) is 11.8 Å². The second kappa shape index (κ2) is 7.95. The third kappa shape index (κ3) is 3.56. The van der Waals surface area contributed by atoms with Crippen molar-refractivity contribution in [2.24, 2.45) is 0 Å². The molecule has 0 aliphatic carbocycles. The van der Waals surface area contributed by atoms with Crippen molar-refractivity contribution in [1.29, 1.82) is 0 Å². The molecule has 0 saturated heterocycles. The topological polar surface area (TPSA) is 109 Å². The molecule has 1 aromatic carbocycles. The first-order valence-electron chi connectivity index (χ1n) is 9.67. The van der Waals surface area contributed by atoms with Gasteiger partial charge in [0.25, 0.3) is 5.91 Å². The van der Waals surface area contributed by atoms with E-state index < -0.39 is 0 Å². The van der Waals surface area contributed by atoms with Crippen LogP contribution >= 0.6 is 23.1 Å². The zero-order valence-electron chi connectivity index (χ0n) is 16.8. The van der Waals surface area contributed by atoms with E-state index in [1.165, 1.54) is 23.1 Å². The number of ether oxygens (including phenoxy) is 1. The zero-order chi connectivity index (χ0) is 21.5. The number of aromatic nitrogens is 3. The molecular formula is C21H19N5O3S2. The molecule has 0 bridgehead atoms. The van der Waals surface area contributed by atoms with Gasteiger partial charge < -0.3 is 20.5 Å². The van der Waals surface area contributed by atoms with Crippen LogP contribution in [-0.4, -0.2) is 44.8 Å². The molecule has 10 heteroatoms. The maximum atomic E-state index is 12.6. The Balaban J connectivity index is 1.59. The van der Waals surface area contributed by atoms with Crippen molar-refractivity contribution < 1.29 is 14.6 Å². The van der Waals surface area contributed by atoms with E-state index in [9.17, 15) is 9.90 Å². The van der Waals surface area contributed by atoms with Crippen LogP contribution in [0.25, 0.3) is 21.0 Å². The molecule has 1 atom stereocenters. The van der Waals surface area contributed by atoms with E-state index in [4.69, 9.17) is 4.74 Å². The predicted molar refractivity (Wildman–Crippen MR) is 122 cm³/mol. The van der Waals surface area contributed by atoms with Gasteiger partial charge >= 0.3 is 0 Å². The number of fused-ring (bicyclic) bond motifs is 5. The Morgan fingerprint density at radius 1 is 1.29 bits per heavy atom. The number of anilines is 1. The van der Waals surface area contributed by atoms with Crippen molar-refractivity contribution in [1.82, 2.24) is 20.3 Å². The van der Waals surface area contributed by atoms with Gasteiger partial charge in [-0.25, -0.2) is 9.97 Å². The molecule has 0 radical (unpaired) electrons. The highest BCUT2D eigenvalue weighted by molar-refractivity contribution is 7.98. The van der Waals surface area contributed by atoms with E-state index in [0.717, 1.165) is 26.7 Å². The van der Waals surface area contributed by atoms with Crippen LogP contribution in [0.3, 0.4) is 0 Å². The minimum atomic E-state index is -0.231. The molecule has 3 N–H and O–H groups in total. The number of pyridine rings is 1. The highest BCUT2D eigenvalue weighted by atomic mass is 32.2. The van der Waals surface area contributed by atoms with Crippen LogP contribution in [0.2, 0.25) is 0 Å². The van der Waals surface area contributed by atoms with Gasteiger partial charge in [-0.15, -0.1) is 11.3 Å². The Labute approximate surface area is 186 Å². The summed E-state index contributed by atoms with van der Waals surface area (Å²) in [6.45, 7) is 2.40. The third-order valence-corrected chi connectivity index (χ3v) is 6.74. The van der Waals surface area contributed by atoms with Gasteiger partial charge in [0.2, 0.25) is 11.8 Å². The number of aliphatic hydroxyl groups excluding tert-OH is 1. The highest BCUT2D eigenvalue weighted by Gasteiger charge is 2.24. The molecule has 0 fully saturated rings. The van der Waals surface area contributed by atoms with Crippen LogP contribution in [0, 0.1) is 0 Å². The predicted octanol–water partition coefficient (Wildman–Crippen LogP) is 3.79. The van der Waals surface area contributed by atoms with Gasteiger partial charge in [0.05, 0.1) is 23.4 Å². The van der Waals surface area contributed by atoms with Crippen molar-refractivity contribution in [3.63, 3.8) is 0 Å². The number of amides is 1. The molecule has 0 spiro atoms. The summed E-state index contributed by atoms with van der Waals surface area (Å²) in [6, 6.07) is 7.65. The summed E-state index contributed by atoms with van der Waals surface area (Å²) in [6.07, 6.45) is 3.42. The zero-order valence-corrected chi connectivity index (χ0v) is 18.4. The number of benzene rings is 1. The fourth-order valence-electron chi connectivity index (χ4n) is 3.53. The third-order valence-electron chi connectivity index (χ3n) is 5.02. The Morgan fingerprint density at radius 2 is 2.16 bits per heavy atom. The van der Waals surface area contributed by atoms with Crippen molar-refractivity contribution >= 4 is 55.7 Å². The van der Waals surface area contributed by atoms with Crippen molar-refractivity contribution in [2.75, 3.05) is 18.1 Å². The van der Waals surface area contributed by atoms with Gasteiger partial charge in [0.15, 0.2) is 5.16 Å². The van der Waals surface area contributed by atoms with E-state index >= 15 is 0 Å². The Kier molecular flexibility index (Phi) is 5.12. The summed E-state index contributed by atoms with van der Waals surface area (Å²) >= 11 is 2.86. The fraction of sp³-hybridized carbons (Fsp3) is 0.238. The van der Waals surface area contributed by atoms with Crippen LogP contribution in [0.1, 0.15) is 22.2 Å². The first kappa shape index (κ1) is 20.0. The van der Waals surface area contributed by atoms with Crippen molar-refractivity contribution in [3.8, 4) is 11.8 Å². The number of carbonyl (C=O) groups excluding carboxylic acids is 1. The quantitative estimate of drug-likeness (QED) is 0.316. The highest BCUT2D eigenvalue weighted by Crippen LogP contribution is 2.41. The molecule has 0 saturated carbocycles. The molecule has 3 aromatic heterocycles. The number of thioether (sulfide) groups is 1. The fourth-order valence-corrected chi connectivity index (χ4v) is 4.96. The summed E-state index contributed by atoms with van der Waals surface area (Å²) in [5.74, 6) is 0.596. The molecule has 1 aliphatic rings. The Hall–Kier alpha value is -2.95. The second-order valence-corrected chi connectivity index (χ2v) is 8.99. The molecule has 1 amide bonds. The molecule has 0 unspecified atom stereocenters. The number of nitrogens with one attached hydrogen (secondary N) is 2. The first-order valence-corrected chi connectivity index (χ1v) is 11.7. The average Bonchev–Trinajstić information content (AvgIpc) is 3.10. The van der Waals surface area contributed by atoms with E-state index in [2.05, 4.69) is 25.6 Å². The standard InChI is InChI=1S/C21H19N5O3S2/c1-10-7-22-17-16-12-3-6-15(29-20-11(9-27)8-23-21(26-20)30-2)25-13(12)4-5-14(16)31-18(17)19(28)24-10/h3-6,8,10,22,27H,7,9H2,1-2H3,(H,24,28)/t10-/m1/s1. The van der Waals surface area contributed by atoms with E-state index in [-0.39, 0.29) is 24.4 Å². The Bertz CT molecular complexity index is 1320. The lowest BCUT2D eigenvalue weighted by molar-refractivity contribution is 0.0949. The van der Waals surface area contributed by atoms with Gasteiger partial charge in [0.1, 0.15) is 4.88 Å². The molecule has 31 heavy (non-hydrogen) atoms. The smallest absolute Gasteiger partial charge is 0.263 e. The SMILES string of the molecule is CSc1ncc(CO)c(Oc2ccc3c(ccc4sc5c(c43)NC[C@@H](C)NC5=O)n2)n1. The number of aliphatic hydroxyl groups is 1. The summed E-state index contributed by atoms with van der Waals surface area (Å²) < 4.78 is 6.92. The van der Waals surface area contributed by atoms with E-state index in [0.29, 0.717) is 28.0 Å². The van der Waals surface area contributed by atoms with Gasteiger partial charge in [-0.05, 0) is 31.4 Å². The largest absolute Gasteiger partial charge is 0.420 e. The Morgan fingerprint density at radius 3 is 2.97 bits per heavy atom. The minimum Gasteiger partial charge on any atom is -0.420 e. The lowest BCUT2D eigenvalue weighted by atomic mass is 10.1. The molecule has 4 aromatic rings. The average molecular weight is 454 g/mol. The lowest BCUT2D eigenvalue weighted by Gasteiger charge is -2.11. The number of nitrogens with zero attached hydrogens (tertiary/aromatic N) is 3. The molecule has 5 rings (SSSR count). The van der Waals surface area contributed by atoms with Crippen LogP contribution in [0.15, 0.2) is 35.6 Å². The summed E-state index contributed by atoms with van der Waals surface area (Å²) in [5, 5.41) is 18.5. The first-order chi connectivity index (χ1) is 15.1. The second-order valence-electron chi connectivity index (χ2n) is 7.16. The van der Waals surface area contributed by atoms with Crippen LogP contribution in [0.5, 0.6) is 11.8 Å². The number of thiophene rings is 1. The molecule has 8 nitrogen and oxygen atoms in total. The van der Waals surface area contributed by atoms with Crippen LogP contribution in [0.4, 0.5) is 5.69 Å².